The molecule has 0 saturated carbocycles. The van der Waals surface area contributed by atoms with Gasteiger partial charge in [-0.25, -0.2) is 4.98 Å². The van der Waals surface area contributed by atoms with Crippen LogP contribution < -0.4 is 23.7 Å². The van der Waals surface area contributed by atoms with Gasteiger partial charge in [-0.1, -0.05) is 0 Å². The lowest BCUT2D eigenvalue weighted by molar-refractivity contribution is 0.0738. The number of hydrogen-bond donors (Lipinski definition) is 0. The van der Waals surface area contributed by atoms with Gasteiger partial charge in [-0.15, -0.1) is 11.3 Å². The largest absolute Gasteiger partial charge is 0.493 e. The minimum absolute atomic E-state index is 0.0332. The minimum atomic E-state index is -0.0332. The van der Waals surface area contributed by atoms with Crippen LogP contribution in [0.15, 0.2) is 24.3 Å². The summed E-state index contributed by atoms with van der Waals surface area (Å²) >= 11 is 1.36. The number of aromatic nitrogens is 1. The number of hydrogen-bond acceptors (Lipinski definition) is 8. The van der Waals surface area contributed by atoms with Gasteiger partial charge < -0.3 is 28.6 Å². The Kier molecular flexibility index (Phi) is 6.83. The predicted octanol–water partition coefficient (Wildman–Crippen LogP) is 4.36. The molecule has 180 valence electrons. The van der Waals surface area contributed by atoms with Crippen molar-refractivity contribution in [3.05, 3.63) is 46.0 Å². The number of rotatable bonds is 7. The highest BCUT2D eigenvalue weighted by Gasteiger charge is 2.27. The van der Waals surface area contributed by atoms with Gasteiger partial charge in [0.05, 0.1) is 41.2 Å². The summed E-state index contributed by atoms with van der Waals surface area (Å²) in [7, 11) is 7.94. The van der Waals surface area contributed by atoms with Crippen LogP contribution in [0, 0.1) is 6.92 Å². The summed E-state index contributed by atoms with van der Waals surface area (Å²) < 4.78 is 27.2. The van der Waals surface area contributed by atoms with Crippen molar-refractivity contribution in [3.63, 3.8) is 0 Å². The molecule has 0 unspecified atom stereocenters. The minimum Gasteiger partial charge on any atom is -0.493 e. The summed E-state index contributed by atoms with van der Waals surface area (Å²) in [4.78, 5) is 20.6. The Hall–Kier alpha value is -3.46. The van der Waals surface area contributed by atoms with Crippen molar-refractivity contribution in [2.45, 2.75) is 19.9 Å². The Morgan fingerprint density at radius 3 is 2.00 bits per heavy atom. The van der Waals surface area contributed by atoms with Gasteiger partial charge in [-0.2, -0.15) is 0 Å². The van der Waals surface area contributed by atoms with E-state index in [0.717, 1.165) is 17.5 Å². The van der Waals surface area contributed by atoms with Crippen molar-refractivity contribution >= 4 is 17.2 Å². The number of carbonyl (C=O) groups excluding carboxylic acids is 1. The topological polar surface area (TPSA) is 79.4 Å². The average Bonchev–Trinajstić information content (AvgIpc) is 3.27. The fraction of sp³-hybridized carbons (Fsp3) is 0.360. The standard InChI is InChI=1S/C25H28N2O6S/c1-14-23(34-24(26-14)16-10-20(31-4)22(33-6)21(11-16)32-5)25(28)27-8-7-15-9-18(29-2)19(30-3)12-17(15)13-27/h9-12H,7-8,13H2,1-6H3. The molecular formula is C25H28N2O6S. The number of benzene rings is 2. The second kappa shape index (κ2) is 9.80. The zero-order valence-corrected chi connectivity index (χ0v) is 21.0. The number of ether oxygens (including phenoxy) is 5. The van der Waals surface area contributed by atoms with E-state index < -0.39 is 0 Å². The molecule has 0 bridgehead atoms. The molecule has 0 saturated heterocycles. The lowest BCUT2D eigenvalue weighted by atomic mass is 9.98. The van der Waals surface area contributed by atoms with E-state index in [9.17, 15) is 4.79 Å². The monoisotopic (exact) mass is 484 g/mol. The molecule has 0 aliphatic carbocycles. The predicted molar refractivity (Wildman–Crippen MR) is 130 cm³/mol. The third-order valence-electron chi connectivity index (χ3n) is 5.91. The van der Waals surface area contributed by atoms with E-state index in [4.69, 9.17) is 23.7 Å². The molecule has 2 heterocycles. The molecule has 0 atom stereocenters. The van der Waals surface area contributed by atoms with Crippen molar-refractivity contribution in [2.24, 2.45) is 0 Å². The fourth-order valence-corrected chi connectivity index (χ4v) is 5.14. The molecule has 0 fully saturated rings. The lowest BCUT2D eigenvalue weighted by Gasteiger charge is -2.29. The Morgan fingerprint density at radius 1 is 0.853 bits per heavy atom. The van der Waals surface area contributed by atoms with Crippen LogP contribution >= 0.6 is 11.3 Å². The summed E-state index contributed by atoms with van der Waals surface area (Å²) in [6.07, 6.45) is 0.749. The van der Waals surface area contributed by atoms with Gasteiger partial charge in [0.15, 0.2) is 23.0 Å². The van der Waals surface area contributed by atoms with E-state index in [0.29, 0.717) is 57.4 Å². The van der Waals surface area contributed by atoms with Crippen LogP contribution in [0.3, 0.4) is 0 Å². The molecule has 1 aliphatic heterocycles. The fourth-order valence-electron chi connectivity index (χ4n) is 4.12. The van der Waals surface area contributed by atoms with E-state index in [1.165, 1.54) is 16.9 Å². The number of thiazole rings is 1. The first-order valence-electron chi connectivity index (χ1n) is 10.7. The molecule has 2 aromatic carbocycles. The molecule has 3 aromatic rings. The van der Waals surface area contributed by atoms with Gasteiger partial charge in [0.2, 0.25) is 5.75 Å². The second-order valence-corrected chi connectivity index (χ2v) is 8.80. The molecule has 4 rings (SSSR count). The molecule has 0 spiro atoms. The number of amides is 1. The van der Waals surface area contributed by atoms with Crippen LogP contribution in [-0.2, 0) is 13.0 Å². The number of fused-ring (bicyclic) bond motifs is 1. The van der Waals surface area contributed by atoms with Gasteiger partial charge in [-0.3, -0.25) is 4.79 Å². The molecule has 8 nitrogen and oxygen atoms in total. The molecule has 9 heteroatoms. The molecule has 34 heavy (non-hydrogen) atoms. The first kappa shape index (κ1) is 23.7. The maximum Gasteiger partial charge on any atom is 0.266 e. The zero-order valence-electron chi connectivity index (χ0n) is 20.2. The van der Waals surface area contributed by atoms with Gasteiger partial charge in [0.25, 0.3) is 5.91 Å². The van der Waals surface area contributed by atoms with Gasteiger partial charge in [0.1, 0.15) is 9.88 Å². The third kappa shape index (κ3) is 4.23. The highest BCUT2D eigenvalue weighted by atomic mass is 32.1. The smallest absolute Gasteiger partial charge is 0.266 e. The summed E-state index contributed by atoms with van der Waals surface area (Å²) in [5.41, 5.74) is 3.71. The van der Waals surface area contributed by atoms with E-state index >= 15 is 0 Å². The van der Waals surface area contributed by atoms with Crippen molar-refractivity contribution in [3.8, 4) is 39.3 Å². The van der Waals surface area contributed by atoms with Crippen LogP contribution in [0.1, 0.15) is 26.5 Å². The third-order valence-corrected chi connectivity index (χ3v) is 7.10. The van der Waals surface area contributed by atoms with Gasteiger partial charge >= 0.3 is 0 Å². The van der Waals surface area contributed by atoms with E-state index in [2.05, 4.69) is 4.98 Å². The lowest BCUT2D eigenvalue weighted by Crippen LogP contribution is -2.35. The Labute approximate surface area is 203 Å². The van der Waals surface area contributed by atoms with Crippen LogP contribution in [0.25, 0.3) is 10.6 Å². The number of carbonyl (C=O) groups is 1. The summed E-state index contributed by atoms with van der Waals surface area (Å²) in [5, 5.41) is 0.712. The first-order chi connectivity index (χ1) is 16.4. The SMILES string of the molecule is COc1cc2c(cc1OC)CN(C(=O)c1sc(-c3cc(OC)c(OC)c(OC)c3)nc1C)CC2. The normalized spacial score (nSPS) is 12.7. The molecular weight excluding hydrogens is 456 g/mol. The Balaban J connectivity index is 1.63. The van der Waals surface area contributed by atoms with E-state index in [1.807, 2.05) is 36.1 Å². The van der Waals surface area contributed by atoms with Crippen LogP contribution in [-0.4, -0.2) is 57.9 Å². The van der Waals surface area contributed by atoms with Gasteiger partial charge in [-0.05, 0) is 48.7 Å². The Bertz CT molecular complexity index is 1200. The van der Waals surface area contributed by atoms with E-state index in [1.54, 1.807) is 35.5 Å². The number of methoxy groups -OCH3 is 5. The number of aryl methyl sites for hydroxylation is 1. The zero-order chi connectivity index (χ0) is 24.4. The van der Waals surface area contributed by atoms with Crippen LogP contribution in [0.4, 0.5) is 0 Å². The highest BCUT2D eigenvalue weighted by molar-refractivity contribution is 7.17. The van der Waals surface area contributed by atoms with Crippen LogP contribution in [0.5, 0.6) is 28.7 Å². The first-order valence-corrected chi connectivity index (χ1v) is 11.6. The molecule has 1 amide bonds. The number of nitrogens with zero attached hydrogens (tertiary/aromatic N) is 2. The average molecular weight is 485 g/mol. The Morgan fingerprint density at radius 2 is 1.44 bits per heavy atom. The van der Waals surface area contributed by atoms with Crippen molar-refractivity contribution in [2.75, 3.05) is 42.1 Å². The van der Waals surface area contributed by atoms with E-state index in [-0.39, 0.29) is 5.91 Å². The van der Waals surface area contributed by atoms with Gasteiger partial charge in [0, 0.05) is 18.7 Å². The molecule has 0 radical (unpaired) electrons. The summed E-state index contributed by atoms with van der Waals surface area (Å²) in [6.45, 7) is 2.99. The maximum atomic E-state index is 13.5. The molecule has 1 aromatic heterocycles. The van der Waals surface area contributed by atoms with Crippen molar-refractivity contribution in [1.29, 1.82) is 0 Å². The van der Waals surface area contributed by atoms with Crippen molar-refractivity contribution < 1.29 is 28.5 Å². The summed E-state index contributed by atoms with van der Waals surface area (Å²) in [5.74, 6) is 2.92. The highest BCUT2D eigenvalue weighted by Crippen LogP contribution is 2.42. The quantitative estimate of drug-likeness (QED) is 0.493. The van der Waals surface area contributed by atoms with Crippen LogP contribution in [0.2, 0.25) is 0 Å². The maximum absolute atomic E-state index is 13.5. The second-order valence-electron chi connectivity index (χ2n) is 7.80. The molecule has 1 aliphatic rings. The molecule has 0 N–H and O–H groups in total. The summed E-state index contributed by atoms with van der Waals surface area (Å²) in [6, 6.07) is 7.63. The van der Waals surface area contributed by atoms with Crippen molar-refractivity contribution in [1.82, 2.24) is 9.88 Å².